The van der Waals surface area contributed by atoms with Crippen LogP contribution in [-0.4, -0.2) is 21.7 Å². The van der Waals surface area contributed by atoms with Gasteiger partial charge >= 0.3 is 6.18 Å². The molecule has 4 aromatic rings. The Hall–Kier alpha value is -4.07. The highest BCUT2D eigenvalue weighted by molar-refractivity contribution is 6.10. The van der Waals surface area contributed by atoms with Crippen LogP contribution in [0.5, 0.6) is 0 Å². The standard InChI is InChI=1S/C24H16F3N3O2/c25-24(26,27)18-3-1-2-15(12-18)13-22(31)30-19-7-4-16(5-8-19)23(32)17-6-9-20-21(14-17)29-11-10-28-20/h1-12,14H,13H2,(H,30,31). The molecule has 1 amide bonds. The van der Waals surface area contributed by atoms with Gasteiger partial charge in [-0.3, -0.25) is 19.6 Å². The number of halogens is 3. The van der Waals surface area contributed by atoms with Gasteiger partial charge in [0.05, 0.1) is 23.0 Å². The number of carbonyl (C=O) groups excluding carboxylic acids is 2. The number of rotatable bonds is 5. The molecule has 0 radical (unpaired) electrons. The molecule has 32 heavy (non-hydrogen) atoms. The zero-order valence-electron chi connectivity index (χ0n) is 16.6. The van der Waals surface area contributed by atoms with Crippen molar-refractivity contribution < 1.29 is 22.8 Å². The number of nitrogens with zero attached hydrogens (tertiary/aromatic N) is 2. The van der Waals surface area contributed by atoms with E-state index in [-0.39, 0.29) is 17.8 Å². The summed E-state index contributed by atoms with van der Waals surface area (Å²) in [5.74, 6) is -0.670. The Kier molecular flexibility index (Phi) is 5.68. The van der Waals surface area contributed by atoms with E-state index in [0.717, 1.165) is 12.1 Å². The Labute approximate surface area is 180 Å². The first-order valence-electron chi connectivity index (χ1n) is 9.61. The van der Waals surface area contributed by atoms with Crippen LogP contribution in [0.25, 0.3) is 11.0 Å². The van der Waals surface area contributed by atoms with Crippen LogP contribution in [0.3, 0.4) is 0 Å². The zero-order valence-corrected chi connectivity index (χ0v) is 16.6. The second-order valence-corrected chi connectivity index (χ2v) is 7.09. The molecule has 8 heteroatoms. The van der Waals surface area contributed by atoms with E-state index in [1.54, 1.807) is 54.9 Å². The summed E-state index contributed by atoms with van der Waals surface area (Å²) < 4.78 is 38.5. The number of anilines is 1. The first-order chi connectivity index (χ1) is 15.3. The normalized spacial score (nSPS) is 11.3. The molecule has 3 aromatic carbocycles. The molecule has 1 heterocycles. The maximum atomic E-state index is 12.8. The van der Waals surface area contributed by atoms with E-state index in [9.17, 15) is 22.8 Å². The van der Waals surface area contributed by atoms with Crippen LogP contribution in [0.4, 0.5) is 18.9 Å². The molecule has 0 aliphatic heterocycles. The van der Waals surface area contributed by atoms with Gasteiger partial charge in [-0.2, -0.15) is 13.2 Å². The lowest BCUT2D eigenvalue weighted by Crippen LogP contribution is -2.15. The van der Waals surface area contributed by atoms with Crippen LogP contribution < -0.4 is 5.32 Å². The molecular formula is C24H16F3N3O2. The fourth-order valence-electron chi connectivity index (χ4n) is 3.22. The number of carbonyl (C=O) groups is 2. The molecule has 0 bridgehead atoms. The first kappa shape index (κ1) is 21.2. The summed E-state index contributed by atoms with van der Waals surface area (Å²) >= 11 is 0. The van der Waals surface area contributed by atoms with Gasteiger partial charge in [-0.1, -0.05) is 18.2 Å². The van der Waals surface area contributed by atoms with Crippen LogP contribution in [0.1, 0.15) is 27.0 Å². The number of hydrogen-bond donors (Lipinski definition) is 1. The number of fused-ring (bicyclic) bond motifs is 1. The molecule has 1 aromatic heterocycles. The Morgan fingerprint density at radius 1 is 0.812 bits per heavy atom. The quantitative estimate of drug-likeness (QED) is 0.445. The monoisotopic (exact) mass is 435 g/mol. The van der Waals surface area contributed by atoms with Crippen molar-refractivity contribution in [2.45, 2.75) is 12.6 Å². The molecule has 0 saturated heterocycles. The van der Waals surface area contributed by atoms with E-state index < -0.39 is 17.6 Å². The third-order valence-corrected chi connectivity index (χ3v) is 4.78. The van der Waals surface area contributed by atoms with Gasteiger partial charge in [-0.05, 0) is 54.1 Å². The summed E-state index contributed by atoms with van der Waals surface area (Å²) in [6.45, 7) is 0. The van der Waals surface area contributed by atoms with Gasteiger partial charge in [-0.15, -0.1) is 0 Å². The van der Waals surface area contributed by atoms with Gasteiger partial charge in [0.2, 0.25) is 5.91 Å². The van der Waals surface area contributed by atoms with Crippen molar-refractivity contribution in [2.24, 2.45) is 0 Å². The van der Waals surface area contributed by atoms with Gasteiger partial charge in [0, 0.05) is 29.2 Å². The third kappa shape index (κ3) is 4.80. The van der Waals surface area contributed by atoms with Crippen LogP contribution in [0.2, 0.25) is 0 Å². The molecule has 160 valence electrons. The van der Waals surface area contributed by atoms with Crippen molar-refractivity contribution in [3.05, 3.63) is 101 Å². The lowest BCUT2D eigenvalue weighted by molar-refractivity contribution is -0.137. The molecule has 1 N–H and O–H groups in total. The van der Waals surface area contributed by atoms with E-state index in [1.165, 1.54) is 12.1 Å². The lowest BCUT2D eigenvalue weighted by Gasteiger charge is -2.09. The van der Waals surface area contributed by atoms with Crippen LogP contribution in [-0.2, 0) is 17.4 Å². The van der Waals surface area contributed by atoms with Crippen molar-refractivity contribution >= 4 is 28.4 Å². The van der Waals surface area contributed by atoms with Gasteiger partial charge in [0.15, 0.2) is 5.78 Å². The molecule has 5 nitrogen and oxygen atoms in total. The van der Waals surface area contributed by atoms with Crippen LogP contribution >= 0.6 is 0 Å². The minimum Gasteiger partial charge on any atom is -0.326 e. The minimum atomic E-state index is -4.47. The average Bonchev–Trinajstić information content (AvgIpc) is 2.78. The SMILES string of the molecule is O=C(Cc1cccc(C(F)(F)F)c1)Nc1ccc(C(=O)c2ccc3nccnc3c2)cc1. The fraction of sp³-hybridized carbons (Fsp3) is 0.0833. The Balaban J connectivity index is 1.43. The van der Waals surface area contributed by atoms with E-state index in [0.29, 0.717) is 27.8 Å². The first-order valence-corrected chi connectivity index (χ1v) is 9.61. The van der Waals surface area contributed by atoms with Crippen molar-refractivity contribution in [1.82, 2.24) is 9.97 Å². The second kappa shape index (κ2) is 8.58. The number of aromatic nitrogens is 2. The Morgan fingerprint density at radius 3 is 2.22 bits per heavy atom. The number of benzene rings is 3. The predicted molar refractivity (Wildman–Crippen MR) is 113 cm³/mol. The average molecular weight is 435 g/mol. The predicted octanol–water partition coefficient (Wildman–Crippen LogP) is 5.06. The molecule has 0 aliphatic rings. The van der Waals surface area contributed by atoms with E-state index in [1.807, 2.05) is 0 Å². The fourth-order valence-corrected chi connectivity index (χ4v) is 3.22. The smallest absolute Gasteiger partial charge is 0.326 e. The number of ketones is 1. The van der Waals surface area contributed by atoms with E-state index in [2.05, 4.69) is 15.3 Å². The van der Waals surface area contributed by atoms with Gasteiger partial charge in [0.1, 0.15) is 0 Å². The molecule has 4 rings (SSSR count). The number of alkyl halides is 3. The Bertz CT molecular complexity index is 1300. The third-order valence-electron chi connectivity index (χ3n) is 4.78. The molecule has 0 aliphatic carbocycles. The molecule has 0 atom stereocenters. The van der Waals surface area contributed by atoms with Crippen LogP contribution in [0, 0.1) is 0 Å². The van der Waals surface area contributed by atoms with Crippen molar-refractivity contribution in [3.8, 4) is 0 Å². The summed E-state index contributed by atoms with van der Waals surface area (Å²) in [6.07, 6.45) is -1.55. The van der Waals surface area contributed by atoms with Gasteiger partial charge < -0.3 is 5.32 Å². The summed E-state index contributed by atoms with van der Waals surface area (Å²) in [4.78, 5) is 33.3. The molecular weight excluding hydrogens is 419 g/mol. The second-order valence-electron chi connectivity index (χ2n) is 7.09. The van der Waals surface area contributed by atoms with Crippen molar-refractivity contribution in [3.63, 3.8) is 0 Å². The number of amides is 1. The van der Waals surface area contributed by atoms with Crippen molar-refractivity contribution in [2.75, 3.05) is 5.32 Å². The summed E-state index contributed by atoms with van der Waals surface area (Å²) in [6, 6.07) is 16.0. The number of hydrogen-bond acceptors (Lipinski definition) is 4. The van der Waals surface area contributed by atoms with E-state index in [4.69, 9.17) is 0 Å². The van der Waals surface area contributed by atoms with E-state index >= 15 is 0 Å². The topological polar surface area (TPSA) is 72.0 Å². The summed E-state index contributed by atoms with van der Waals surface area (Å²) in [7, 11) is 0. The minimum absolute atomic E-state index is 0.206. The highest BCUT2D eigenvalue weighted by Gasteiger charge is 2.30. The maximum Gasteiger partial charge on any atom is 0.416 e. The van der Waals surface area contributed by atoms with Gasteiger partial charge in [0.25, 0.3) is 0 Å². The number of nitrogens with one attached hydrogen (secondary N) is 1. The molecule has 0 spiro atoms. The van der Waals surface area contributed by atoms with Crippen molar-refractivity contribution in [1.29, 1.82) is 0 Å². The largest absolute Gasteiger partial charge is 0.416 e. The lowest BCUT2D eigenvalue weighted by atomic mass is 10.0. The summed E-state index contributed by atoms with van der Waals surface area (Å²) in [5.41, 5.74) is 2.06. The molecule has 0 saturated carbocycles. The highest BCUT2D eigenvalue weighted by Crippen LogP contribution is 2.29. The van der Waals surface area contributed by atoms with Crippen LogP contribution in [0.15, 0.2) is 79.1 Å². The highest BCUT2D eigenvalue weighted by atomic mass is 19.4. The van der Waals surface area contributed by atoms with Gasteiger partial charge in [-0.25, -0.2) is 0 Å². The Morgan fingerprint density at radius 2 is 1.50 bits per heavy atom. The zero-order chi connectivity index (χ0) is 22.7. The molecule has 0 unspecified atom stereocenters. The molecule has 0 fully saturated rings. The maximum absolute atomic E-state index is 12.8. The summed E-state index contributed by atoms with van der Waals surface area (Å²) in [5, 5.41) is 2.63.